The van der Waals surface area contributed by atoms with Crippen LogP contribution in [0.3, 0.4) is 0 Å². The van der Waals surface area contributed by atoms with Crippen LogP contribution in [0.15, 0.2) is 12.1 Å². The number of halogens is 3. The lowest BCUT2D eigenvalue weighted by Gasteiger charge is -2.43. The largest absolute Gasteiger partial charge is 0.505 e. The molecule has 1 saturated heterocycles. The third-order valence-electron chi connectivity index (χ3n) is 4.80. The zero-order chi connectivity index (χ0) is 14.1. The van der Waals surface area contributed by atoms with Crippen LogP contribution in [0.1, 0.15) is 36.4 Å². The van der Waals surface area contributed by atoms with Crippen molar-refractivity contribution < 1.29 is 9.50 Å². The van der Waals surface area contributed by atoms with E-state index in [4.69, 9.17) is 0 Å². The molecule has 0 amide bonds. The molecule has 1 aliphatic heterocycles. The fourth-order valence-electron chi connectivity index (χ4n) is 3.38. The quantitative estimate of drug-likeness (QED) is 0.876. The summed E-state index contributed by atoms with van der Waals surface area (Å²) in [5.41, 5.74) is 1.29. The molecule has 0 aromatic heterocycles. The minimum absolute atomic E-state index is 0. The molecule has 126 valence electrons. The molecule has 6 heteroatoms. The molecule has 0 spiro atoms. The van der Waals surface area contributed by atoms with Crippen molar-refractivity contribution in [3.63, 3.8) is 0 Å². The van der Waals surface area contributed by atoms with Crippen LogP contribution in [-0.4, -0.2) is 36.2 Å². The van der Waals surface area contributed by atoms with Crippen molar-refractivity contribution in [3.05, 3.63) is 29.1 Å². The minimum atomic E-state index is -0.457. The maximum Gasteiger partial charge on any atom is 0.168 e. The van der Waals surface area contributed by atoms with Gasteiger partial charge in [0.25, 0.3) is 0 Å². The summed E-state index contributed by atoms with van der Waals surface area (Å²) in [7, 11) is 0. The summed E-state index contributed by atoms with van der Waals surface area (Å²) in [5, 5.41) is 13.6. The lowest BCUT2D eigenvalue weighted by molar-refractivity contribution is 0.0815. The summed E-state index contributed by atoms with van der Waals surface area (Å²) in [6, 6.07) is 3.87. The Morgan fingerprint density at radius 1 is 1.23 bits per heavy atom. The molecule has 22 heavy (non-hydrogen) atoms. The fraction of sp³-hybridized carbons (Fsp3) is 0.625. The first-order valence-corrected chi connectivity index (χ1v) is 7.61. The summed E-state index contributed by atoms with van der Waals surface area (Å²) in [4.78, 5) is 2.41. The molecule has 0 radical (unpaired) electrons. The number of nitrogens with zero attached hydrogens (tertiary/aromatic N) is 1. The number of aryl methyl sites for hydroxylation is 1. The van der Waals surface area contributed by atoms with Gasteiger partial charge in [0.1, 0.15) is 0 Å². The number of aromatic hydroxyl groups is 1. The monoisotopic (exact) mass is 350 g/mol. The van der Waals surface area contributed by atoms with Gasteiger partial charge in [-0.3, -0.25) is 4.90 Å². The predicted octanol–water partition coefficient (Wildman–Crippen LogP) is 3.43. The molecule has 2 fully saturated rings. The second-order valence-corrected chi connectivity index (χ2v) is 6.06. The standard InChI is InChI=1S/C16H23FN2O.2ClH/c1-11-5-6-13(16(20)14(11)17)15(12-3-2-4-12)19-9-7-18-8-10-19;;/h5-6,12,15,18,20H,2-4,7-10H2,1H3;2*1H/t15-;;/m1../s1. The van der Waals surface area contributed by atoms with Crippen LogP contribution in [-0.2, 0) is 0 Å². The van der Waals surface area contributed by atoms with Gasteiger partial charge in [0.05, 0.1) is 0 Å². The van der Waals surface area contributed by atoms with Crippen LogP contribution in [0.25, 0.3) is 0 Å². The average molecular weight is 351 g/mol. The first-order valence-electron chi connectivity index (χ1n) is 7.61. The number of hydrogen-bond donors (Lipinski definition) is 2. The molecule has 1 aromatic rings. The Bertz CT molecular complexity index is 491. The average Bonchev–Trinajstić information content (AvgIpc) is 2.42. The van der Waals surface area contributed by atoms with Gasteiger partial charge in [-0.25, -0.2) is 4.39 Å². The molecule has 1 heterocycles. The molecule has 1 aliphatic carbocycles. The number of nitrogens with one attached hydrogen (secondary N) is 1. The number of phenols is 1. The lowest BCUT2D eigenvalue weighted by atomic mass is 9.76. The van der Waals surface area contributed by atoms with E-state index < -0.39 is 5.82 Å². The molecule has 2 aliphatic rings. The highest BCUT2D eigenvalue weighted by Gasteiger charge is 2.35. The molecule has 1 aromatic carbocycles. The van der Waals surface area contributed by atoms with E-state index in [1.54, 1.807) is 13.0 Å². The second kappa shape index (κ2) is 8.34. The number of hydrogen-bond acceptors (Lipinski definition) is 3. The highest BCUT2D eigenvalue weighted by atomic mass is 35.5. The van der Waals surface area contributed by atoms with Crippen LogP contribution < -0.4 is 5.32 Å². The van der Waals surface area contributed by atoms with Crippen LogP contribution in [0.2, 0.25) is 0 Å². The van der Waals surface area contributed by atoms with Gasteiger partial charge in [0.15, 0.2) is 11.6 Å². The van der Waals surface area contributed by atoms with Gasteiger partial charge in [0, 0.05) is 37.8 Å². The zero-order valence-electron chi connectivity index (χ0n) is 12.8. The zero-order valence-corrected chi connectivity index (χ0v) is 14.5. The lowest BCUT2D eigenvalue weighted by Crippen LogP contribution is -2.47. The topological polar surface area (TPSA) is 35.5 Å². The molecule has 0 unspecified atom stereocenters. The third kappa shape index (κ3) is 3.67. The first kappa shape index (κ1) is 19.5. The van der Waals surface area contributed by atoms with Crippen LogP contribution in [0, 0.1) is 18.7 Å². The van der Waals surface area contributed by atoms with Gasteiger partial charge >= 0.3 is 0 Å². The Labute approximate surface area is 144 Å². The van der Waals surface area contributed by atoms with Crippen molar-refractivity contribution in [1.82, 2.24) is 10.2 Å². The van der Waals surface area contributed by atoms with E-state index in [1.165, 1.54) is 19.3 Å². The summed E-state index contributed by atoms with van der Waals surface area (Å²) in [6.07, 6.45) is 3.62. The molecule has 0 bridgehead atoms. The Kier molecular flexibility index (Phi) is 7.39. The van der Waals surface area contributed by atoms with Gasteiger partial charge in [0.2, 0.25) is 0 Å². The van der Waals surface area contributed by atoms with Crippen LogP contribution in [0.5, 0.6) is 5.75 Å². The van der Waals surface area contributed by atoms with E-state index in [-0.39, 0.29) is 36.6 Å². The molecule has 1 saturated carbocycles. The summed E-state index contributed by atoms with van der Waals surface area (Å²) < 4.78 is 14.0. The number of phenolic OH excluding ortho intramolecular Hbond substituents is 1. The van der Waals surface area contributed by atoms with E-state index >= 15 is 0 Å². The SMILES string of the molecule is Cc1ccc([C@@H](C2CCC2)N2CCNCC2)c(O)c1F.Cl.Cl. The molecule has 2 N–H and O–H groups in total. The van der Waals surface area contributed by atoms with Gasteiger partial charge in [-0.05, 0) is 31.2 Å². The fourth-order valence-corrected chi connectivity index (χ4v) is 3.38. The van der Waals surface area contributed by atoms with Gasteiger partial charge in [-0.2, -0.15) is 0 Å². The minimum Gasteiger partial charge on any atom is -0.505 e. The second-order valence-electron chi connectivity index (χ2n) is 6.06. The predicted molar refractivity (Wildman–Crippen MR) is 91.8 cm³/mol. The molecule has 3 rings (SSSR count). The summed E-state index contributed by atoms with van der Waals surface area (Å²) in [5.74, 6) is -0.0384. The molecule has 1 atom stereocenters. The Morgan fingerprint density at radius 3 is 2.41 bits per heavy atom. The summed E-state index contributed by atoms with van der Waals surface area (Å²) >= 11 is 0. The highest BCUT2D eigenvalue weighted by molar-refractivity contribution is 5.85. The first-order chi connectivity index (χ1) is 9.68. The summed E-state index contributed by atoms with van der Waals surface area (Å²) in [6.45, 7) is 5.57. The molecular weight excluding hydrogens is 326 g/mol. The van der Waals surface area contributed by atoms with Gasteiger partial charge in [-0.15, -0.1) is 24.8 Å². The smallest absolute Gasteiger partial charge is 0.168 e. The van der Waals surface area contributed by atoms with Crippen molar-refractivity contribution >= 4 is 24.8 Å². The molecular formula is C16H25Cl2FN2O. The van der Waals surface area contributed by atoms with Crippen molar-refractivity contribution in [1.29, 1.82) is 0 Å². The maximum atomic E-state index is 14.0. The van der Waals surface area contributed by atoms with E-state index in [2.05, 4.69) is 10.2 Å². The van der Waals surface area contributed by atoms with E-state index in [1.807, 2.05) is 6.07 Å². The maximum absolute atomic E-state index is 14.0. The highest BCUT2D eigenvalue weighted by Crippen LogP contribution is 2.44. The Morgan fingerprint density at radius 2 is 1.86 bits per heavy atom. The van der Waals surface area contributed by atoms with Crippen LogP contribution >= 0.6 is 24.8 Å². The number of rotatable bonds is 3. The van der Waals surface area contributed by atoms with Crippen molar-refractivity contribution in [3.8, 4) is 5.75 Å². The van der Waals surface area contributed by atoms with E-state index in [9.17, 15) is 9.50 Å². The normalized spacial score (nSPS) is 20.5. The number of piperazine rings is 1. The van der Waals surface area contributed by atoms with Crippen LogP contribution in [0.4, 0.5) is 4.39 Å². The van der Waals surface area contributed by atoms with E-state index in [0.717, 1.165) is 31.7 Å². The van der Waals surface area contributed by atoms with Gasteiger partial charge in [-0.1, -0.05) is 18.6 Å². The van der Waals surface area contributed by atoms with Gasteiger partial charge < -0.3 is 10.4 Å². The van der Waals surface area contributed by atoms with Crippen molar-refractivity contribution in [2.45, 2.75) is 32.2 Å². The number of benzene rings is 1. The Hall–Kier alpha value is -0.550. The van der Waals surface area contributed by atoms with Crippen molar-refractivity contribution in [2.24, 2.45) is 5.92 Å². The van der Waals surface area contributed by atoms with E-state index in [0.29, 0.717) is 11.5 Å². The van der Waals surface area contributed by atoms with Crippen molar-refractivity contribution in [2.75, 3.05) is 26.2 Å². The Balaban J connectivity index is 0.00000121. The third-order valence-corrected chi connectivity index (χ3v) is 4.80. The molecule has 3 nitrogen and oxygen atoms in total.